The third-order valence-corrected chi connectivity index (χ3v) is 5.50. The third-order valence-electron chi connectivity index (χ3n) is 4.64. The molecule has 4 N–H and O–H groups in total. The predicted octanol–water partition coefficient (Wildman–Crippen LogP) is 3.18. The molecule has 0 unspecified atom stereocenters. The maximum atomic E-state index is 6.29. The van der Waals surface area contributed by atoms with Crippen LogP contribution in [0.3, 0.4) is 0 Å². The van der Waals surface area contributed by atoms with Gasteiger partial charge in [-0.15, -0.1) is 0 Å². The van der Waals surface area contributed by atoms with Gasteiger partial charge >= 0.3 is 0 Å². The van der Waals surface area contributed by atoms with E-state index in [1.807, 2.05) is 0 Å². The average molecular weight is 364 g/mol. The fourth-order valence-electron chi connectivity index (χ4n) is 3.60. The molecule has 0 aromatic heterocycles. The summed E-state index contributed by atoms with van der Waals surface area (Å²) in [6.45, 7) is 4.19. The lowest BCUT2D eigenvalue weighted by Crippen LogP contribution is -2.58. The highest BCUT2D eigenvalue weighted by molar-refractivity contribution is 9.10. The van der Waals surface area contributed by atoms with Crippen LogP contribution >= 0.6 is 15.9 Å². The van der Waals surface area contributed by atoms with Gasteiger partial charge in [-0.25, -0.2) is 4.99 Å². The SMILES string of the molecule is Cc1ccc(Br)c(C)c1N1C(N)=NC(N)=NC12CCCCC2. The molecule has 0 bridgehead atoms. The number of anilines is 1. The Morgan fingerprint density at radius 3 is 2.50 bits per heavy atom. The highest BCUT2D eigenvalue weighted by Gasteiger charge is 2.43. The van der Waals surface area contributed by atoms with Crippen LogP contribution in [0.1, 0.15) is 43.2 Å². The fraction of sp³-hybridized carbons (Fsp3) is 0.500. The van der Waals surface area contributed by atoms with Crippen LogP contribution in [0.25, 0.3) is 0 Å². The quantitative estimate of drug-likeness (QED) is 0.803. The normalized spacial score (nSPS) is 20.8. The zero-order valence-corrected chi connectivity index (χ0v) is 14.7. The zero-order chi connectivity index (χ0) is 15.9. The minimum Gasteiger partial charge on any atom is -0.369 e. The number of benzene rings is 1. The minimum atomic E-state index is -0.384. The number of aryl methyl sites for hydroxylation is 1. The molecule has 0 atom stereocenters. The Balaban J connectivity index is 2.19. The molecule has 1 aliphatic carbocycles. The molecule has 1 spiro atoms. The van der Waals surface area contributed by atoms with Crippen molar-refractivity contribution in [3.05, 3.63) is 27.7 Å². The number of nitrogens with zero attached hydrogens (tertiary/aromatic N) is 3. The smallest absolute Gasteiger partial charge is 0.220 e. The summed E-state index contributed by atoms with van der Waals surface area (Å²) >= 11 is 3.62. The second-order valence-electron chi connectivity index (χ2n) is 6.16. The largest absolute Gasteiger partial charge is 0.369 e. The molecule has 22 heavy (non-hydrogen) atoms. The molecule has 1 fully saturated rings. The van der Waals surface area contributed by atoms with Crippen LogP contribution in [0.4, 0.5) is 5.69 Å². The van der Waals surface area contributed by atoms with Crippen LogP contribution in [0.5, 0.6) is 0 Å². The van der Waals surface area contributed by atoms with E-state index in [0.29, 0.717) is 11.9 Å². The molecular weight excluding hydrogens is 342 g/mol. The average Bonchev–Trinajstić information content (AvgIpc) is 2.47. The molecular formula is C16H22BrN5. The first-order valence-electron chi connectivity index (χ1n) is 7.70. The molecule has 1 saturated carbocycles. The summed E-state index contributed by atoms with van der Waals surface area (Å²) in [6, 6.07) is 4.16. The van der Waals surface area contributed by atoms with Gasteiger partial charge in [0.05, 0.1) is 5.69 Å². The van der Waals surface area contributed by atoms with Crippen LogP contribution in [0, 0.1) is 13.8 Å². The molecule has 0 amide bonds. The van der Waals surface area contributed by atoms with Crippen LogP contribution < -0.4 is 16.4 Å². The van der Waals surface area contributed by atoms with Crippen LogP contribution in [0.15, 0.2) is 26.6 Å². The Bertz CT molecular complexity index is 659. The Hall–Kier alpha value is -1.56. The molecule has 3 rings (SSSR count). The first kappa shape index (κ1) is 15.3. The van der Waals surface area contributed by atoms with Gasteiger partial charge in [-0.3, -0.25) is 4.90 Å². The molecule has 0 saturated heterocycles. The summed E-state index contributed by atoms with van der Waals surface area (Å²) in [6.07, 6.45) is 5.41. The Kier molecular flexibility index (Phi) is 3.89. The Morgan fingerprint density at radius 2 is 1.82 bits per heavy atom. The molecule has 5 nitrogen and oxygen atoms in total. The van der Waals surface area contributed by atoms with Crippen LogP contribution in [0.2, 0.25) is 0 Å². The van der Waals surface area contributed by atoms with Gasteiger partial charge in [-0.1, -0.05) is 28.4 Å². The van der Waals surface area contributed by atoms with Crippen molar-refractivity contribution in [1.29, 1.82) is 0 Å². The molecule has 6 heteroatoms. The molecule has 1 aromatic carbocycles. The molecule has 118 valence electrons. The van der Waals surface area contributed by atoms with Gasteiger partial charge in [-0.05, 0) is 56.7 Å². The van der Waals surface area contributed by atoms with Gasteiger partial charge in [0.1, 0.15) is 5.66 Å². The van der Waals surface area contributed by atoms with Crippen molar-refractivity contribution in [2.75, 3.05) is 4.90 Å². The van der Waals surface area contributed by atoms with Crippen molar-refractivity contribution < 1.29 is 0 Å². The van der Waals surface area contributed by atoms with Crippen molar-refractivity contribution >= 4 is 33.5 Å². The first-order chi connectivity index (χ1) is 10.4. The number of guanidine groups is 2. The Labute approximate surface area is 139 Å². The van der Waals surface area contributed by atoms with E-state index in [-0.39, 0.29) is 5.66 Å². The van der Waals surface area contributed by atoms with Gasteiger partial charge in [0, 0.05) is 4.47 Å². The van der Waals surface area contributed by atoms with Gasteiger partial charge in [0.2, 0.25) is 11.9 Å². The lowest BCUT2D eigenvalue weighted by molar-refractivity contribution is 0.305. The summed E-state index contributed by atoms with van der Waals surface area (Å²) in [5.74, 6) is 0.736. The molecule has 2 aliphatic rings. The minimum absolute atomic E-state index is 0.293. The topological polar surface area (TPSA) is 80.0 Å². The monoisotopic (exact) mass is 363 g/mol. The number of hydrogen-bond donors (Lipinski definition) is 2. The van der Waals surface area contributed by atoms with E-state index in [0.717, 1.165) is 41.4 Å². The number of rotatable bonds is 1. The predicted molar refractivity (Wildman–Crippen MR) is 95.2 cm³/mol. The van der Waals surface area contributed by atoms with Gasteiger partial charge in [-0.2, -0.15) is 4.99 Å². The number of hydrogen-bond acceptors (Lipinski definition) is 5. The van der Waals surface area contributed by atoms with Gasteiger partial charge < -0.3 is 11.5 Å². The summed E-state index contributed by atoms with van der Waals surface area (Å²) in [4.78, 5) is 11.1. The molecule has 1 aromatic rings. The van der Waals surface area contributed by atoms with Crippen LogP contribution in [-0.2, 0) is 0 Å². The summed E-state index contributed by atoms with van der Waals surface area (Å²) in [5, 5.41) is 0. The lowest BCUT2D eigenvalue weighted by Gasteiger charge is -2.46. The first-order valence-corrected chi connectivity index (χ1v) is 8.49. The van der Waals surface area contributed by atoms with Crippen molar-refractivity contribution in [1.82, 2.24) is 0 Å². The van der Waals surface area contributed by atoms with E-state index in [9.17, 15) is 0 Å². The van der Waals surface area contributed by atoms with Gasteiger partial charge in [0.15, 0.2) is 0 Å². The lowest BCUT2D eigenvalue weighted by atomic mass is 9.86. The van der Waals surface area contributed by atoms with E-state index in [1.165, 1.54) is 12.0 Å². The van der Waals surface area contributed by atoms with E-state index < -0.39 is 0 Å². The summed E-state index contributed by atoms with van der Waals surface area (Å²) < 4.78 is 1.06. The maximum Gasteiger partial charge on any atom is 0.220 e. The van der Waals surface area contributed by atoms with Gasteiger partial charge in [0.25, 0.3) is 0 Å². The van der Waals surface area contributed by atoms with E-state index in [1.54, 1.807) is 0 Å². The summed E-state index contributed by atoms with van der Waals surface area (Å²) in [7, 11) is 0. The second-order valence-corrected chi connectivity index (χ2v) is 7.01. The highest BCUT2D eigenvalue weighted by Crippen LogP contribution is 2.42. The highest BCUT2D eigenvalue weighted by atomic mass is 79.9. The molecule has 1 aliphatic heterocycles. The Morgan fingerprint density at radius 1 is 1.14 bits per heavy atom. The van der Waals surface area contributed by atoms with E-state index in [2.05, 4.69) is 51.8 Å². The zero-order valence-electron chi connectivity index (χ0n) is 13.1. The number of halogens is 1. The van der Waals surface area contributed by atoms with Crippen molar-refractivity contribution in [3.8, 4) is 0 Å². The fourth-order valence-corrected chi connectivity index (χ4v) is 3.92. The summed E-state index contributed by atoms with van der Waals surface area (Å²) in [5.41, 5.74) is 15.2. The number of aliphatic imine (C=N–C) groups is 2. The van der Waals surface area contributed by atoms with E-state index in [4.69, 9.17) is 16.5 Å². The number of nitrogens with two attached hydrogens (primary N) is 2. The maximum absolute atomic E-state index is 6.29. The standard InChI is InChI=1S/C16H22BrN5/c1-10-6-7-12(17)11(2)13(10)22-15(19)20-14(18)21-16(22)8-4-3-5-9-16/h6-7H,3-5,8-9H2,1-2H3,(H4,18,19,20,21). The molecule has 0 radical (unpaired) electrons. The van der Waals surface area contributed by atoms with Crippen molar-refractivity contribution in [3.63, 3.8) is 0 Å². The molecule has 1 heterocycles. The van der Waals surface area contributed by atoms with Crippen molar-refractivity contribution in [2.45, 2.75) is 51.6 Å². The van der Waals surface area contributed by atoms with E-state index >= 15 is 0 Å². The third kappa shape index (κ3) is 2.39. The van der Waals surface area contributed by atoms with Crippen molar-refractivity contribution in [2.24, 2.45) is 21.5 Å². The second kappa shape index (κ2) is 5.57. The van der Waals surface area contributed by atoms with Crippen LogP contribution in [-0.4, -0.2) is 17.6 Å².